The number of carbonyl (C=O) groups excluding carboxylic acids is 5. The first-order valence-electron chi connectivity index (χ1n) is 13.7. The van der Waals surface area contributed by atoms with Crippen molar-refractivity contribution in [2.45, 2.75) is 72.4 Å². The third-order valence-electron chi connectivity index (χ3n) is 6.78. The van der Waals surface area contributed by atoms with Gasteiger partial charge in [0, 0.05) is 31.7 Å². The highest BCUT2D eigenvalue weighted by Gasteiger charge is 2.35. The van der Waals surface area contributed by atoms with Gasteiger partial charge < -0.3 is 19.8 Å². The van der Waals surface area contributed by atoms with E-state index in [0.717, 1.165) is 5.56 Å². The summed E-state index contributed by atoms with van der Waals surface area (Å²) in [5.41, 5.74) is 0.838. The molecule has 2 amide bonds. The first-order valence-corrected chi connectivity index (χ1v) is 13.7. The summed E-state index contributed by atoms with van der Waals surface area (Å²) in [5.74, 6) is -4.25. The molecule has 11 nitrogen and oxygen atoms in total. The minimum absolute atomic E-state index is 0.0455. The predicted octanol–water partition coefficient (Wildman–Crippen LogP) is 2.37. The number of nitrogens with zero attached hydrogens (tertiary/aromatic N) is 2. The highest BCUT2D eigenvalue weighted by atomic mass is 16.5. The number of amides is 2. The van der Waals surface area contributed by atoms with Crippen molar-refractivity contribution in [2.75, 3.05) is 6.54 Å². The Hall–Kier alpha value is -3.89. The van der Waals surface area contributed by atoms with Gasteiger partial charge in [-0.25, -0.2) is 0 Å². The highest BCUT2D eigenvalue weighted by Crippen LogP contribution is 2.21. The lowest BCUT2D eigenvalue weighted by Crippen LogP contribution is -2.47. The number of fused-ring (bicyclic) bond motifs is 2. The lowest BCUT2D eigenvalue weighted by atomic mass is 9.87. The number of aromatic nitrogens is 2. The van der Waals surface area contributed by atoms with E-state index < -0.39 is 41.4 Å². The van der Waals surface area contributed by atoms with Crippen LogP contribution in [0.2, 0.25) is 0 Å². The molecule has 3 unspecified atom stereocenters. The monoisotopic (exact) mass is 554 g/mol. The standard InChI is InChI=1S/C29H38N4O7/c1-17(2)12-22(23(34)13-20-14-25-33-32-24(40-25)10-11-30-29(38)27(20)36)31-28(37)21(18(3)4)15-26(35)39-16-19-8-6-5-7-9-19/h5-9,17-18,20-22H,10-16H2,1-4H3,(H,30,38)(H,31,37). The fraction of sp³-hybridized carbons (Fsp3) is 0.552. The highest BCUT2D eigenvalue weighted by molar-refractivity contribution is 6.37. The molecule has 1 aromatic heterocycles. The quantitative estimate of drug-likeness (QED) is 0.297. The van der Waals surface area contributed by atoms with Crippen LogP contribution in [0.5, 0.6) is 0 Å². The molecular formula is C29H38N4O7. The summed E-state index contributed by atoms with van der Waals surface area (Å²) in [6.07, 6.45) is 0.141. The summed E-state index contributed by atoms with van der Waals surface area (Å²) >= 11 is 0. The van der Waals surface area contributed by atoms with Crippen molar-refractivity contribution in [3.05, 3.63) is 47.7 Å². The maximum atomic E-state index is 13.5. The van der Waals surface area contributed by atoms with E-state index in [0.29, 0.717) is 18.7 Å². The van der Waals surface area contributed by atoms with Gasteiger partial charge >= 0.3 is 5.97 Å². The molecule has 11 heteroatoms. The minimum Gasteiger partial charge on any atom is -0.461 e. The average Bonchev–Trinajstić information content (AvgIpc) is 3.35. The van der Waals surface area contributed by atoms with E-state index in [-0.39, 0.29) is 55.9 Å². The van der Waals surface area contributed by atoms with E-state index in [4.69, 9.17) is 9.15 Å². The van der Waals surface area contributed by atoms with Crippen LogP contribution in [0.15, 0.2) is 34.7 Å². The van der Waals surface area contributed by atoms with Gasteiger partial charge in [0.15, 0.2) is 5.78 Å². The van der Waals surface area contributed by atoms with Gasteiger partial charge in [0.05, 0.1) is 18.4 Å². The zero-order chi connectivity index (χ0) is 29.2. The van der Waals surface area contributed by atoms with E-state index in [2.05, 4.69) is 20.8 Å². The molecule has 1 aliphatic heterocycles. The molecule has 0 aliphatic carbocycles. The number of benzene rings is 1. The third kappa shape index (κ3) is 9.10. The average molecular weight is 555 g/mol. The number of nitrogens with one attached hydrogen (secondary N) is 2. The van der Waals surface area contributed by atoms with Crippen LogP contribution >= 0.6 is 0 Å². The van der Waals surface area contributed by atoms with Crippen LogP contribution in [-0.2, 0) is 48.2 Å². The number of esters is 1. The molecule has 1 aliphatic rings. The van der Waals surface area contributed by atoms with E-state index in [1.165, 1.54) is 0 Å². The molecule has 0 saturated carbocycles. The molecule has 3 rings (SSSR count). The molecule has 2 heterocycles. The second kappa shape index (κ2) is 14.5. The van der Waals surface area contributed by atoms with Crippen molar-refractivity contribution < 1.29 is 33.1 Å². The van der Waals surface area contributed by atoms with E-state index in [1.807, 2.05) is 58.0 Å². The molecular weight excluding hydrogens is 516 g/mol. The SMILES string of the molecule is CC(C)CC(NC(=O)C(CC(=O)OCc1ccccc1)C(C)C)C(=O)CC1Cc2nnc(o2)CCNC(=O)C1=O. The summed E-state index contributed by atoms with van der Waals surface area (Å²) in [6, 6.07) is 8.33. The van der Waals surface area contributed by atoms with Crippen molar-refractivity contribution >= 4 is 29.4 Å². The van der Waals surface area contributed by atoms with Crippen LogP contribution in [-0.4, -0.2) is 52.1 Å². The minimum atomic E-state index is -1.01. The van der Waals surface area contributed by atoms with Gasteiger partial charge in [-0.1, -0.05) is 58.0 Å². The molecule has 2 aromatic rings. The van der Waals surface area contributed by atoms with E-state index >= 15 is 0 Å². The second-order valence-corrected chi connectivity index (χ2v) is 10.9. The number of ether oxygens (including phenoxy) is 1. The Labute approximate surface area is 233 Å². The Kier molecular flexibility index (Phi) is 11.1. The van der Waals surface area contributed by atoms with E-state index in [9.17, 15) is 24.0 Å². The van der Waals surface area contributed by atoms with Crippen molar-refractivity contribution in [1.29, 1.82) is 0 Å². The second-order valence-electron chi connectivity index (χ2n) is 10.9. The van der Waals surface area contributed by atoms with Crippen LogP contribution in [0.25, 0.3) is 0 Å². The van der Waals surface area contributed by atoms with Gasteiger partial charge in [-0.05, 0) is 23.8 Å². The van der Waals surface area contributed by atoms with Crippen LogP contribution in [0, 0.1) is 23.7 Å². The zero-order valence-electron chi connectivity index (χ0n) is 23.5. The molecule has 40 heavy (non-hydrogen) atoms. The molecule has 0 fully saturated rings. The smallest absolute Gasteiger partial charge is 0.306 e. The number of Topliss-reactive ketones (excluding diaryl/α,β-unsaturated/α-hetero) is 2. The number of hydrogen-bond donors (Lipinski definition) is 2. The number of rotatable bonds is 12. The maximum absolute atomic E-state index is 13.5. The van der Waals surface area contributed by atoms with Gasteiger partial charge in [-0.15, -0.1) is 10.2 Å². The third-order valence-corrected chi connectivity index (χ3v) is 6.78. The summed E-state index contributed by atoms with van der Waals surface area (Å²) in [4.78, 5) is 64.6. The molecule has 2 N–H and O–H groups in total. The number of hydrogen-bond acceptors (Lipinski definition) is 9. The normalized spacial score (nSPS) is 17.2. The fourth-order valence-corrected chi connectivity index (χ4v) is 4.51. The summed E-state index contributed by atoms with van der Waals surface area (Å²) < 4.78 is 10.9. The first-order chi connectivity index (χ1) is 19.0. The Morgan fingerprint density at radius 1 is 1.07 bits per heavy atom. The topological polar surface area (TPSA) is 158 Å². The van der Waals surface area contributed by atoms with Crippen LogP contribution in [0.3, 0.4) is 0 Å². The molecule has 2 bridgehead atoms. The molecule has 3 atom stereocenters. The lowest BCUT2D eigenvalue weighted by molar-refractivity contribution is -0.149. The predicted molar refractivity (Wildman–Crippen MR) is 143 cm³/mol. The van der Waals surface area contributed by atoms with E-state index in [1.54, 1.807) is 0 Å². The molecule has 1 aromatic carbocycles. The molecule has 216 valence electrons. The summed E-state index contributed by atoms with van der Waals surface area (Å²) in [5, 5.41) is 13.2. The van der Waals surface area contributed by atoms with Gasteiger partial charge in [-0.3, -0.25) is 24.0 Å². The fourth-order valence-electron chi connectivity index (χ4n) is 4.51. The lowest BCUT2D eigenvalue weighted by Gasteiger charge is -2.26. The first kappa shape index (κ1) is 30.6. The largest absolute Gasteiger partial charge is 0.461 e. The Morgan fingerprint density at radius 2 is 1.77 bits per heavy atom. The summed E-state index contributed by atoms with van der Waals surface area (Å²) in [7, 11) is 0. The molecule has 0 spiro atoms. The number of ketones is 2. The van der Waals surface area contributed by atoms with Crippen LogP contribution in [0.4, 0.5) is 0 Å². The Bertz CT molecular complexity index is 1190. The summed E-state index contributed by atoms with van der Waals surface area (Å²) in [6.45, 7) is 7.73. The maximum Gasteiger partial charge on any atom is 0.306 e. The van der Waals surface area contributed by atoms with Gasteiger partial charge in [0.1, 0.15) is 6.61 Å². The van der Waals surface area contributed by atoms with Crippen LogP contribution in [0.1, 0.15) is 64.3 Å². The van der Waals surface area contributed by atoms with Crippen molar-refractivity contribution in [3.63, 3.8) is 0 Å². The Balaban J connectivity index is 1.68. The van der Waals surface area contributed by atoms with Crippen LogP contribution < -0.4 is 10.6 Å². The molecule has 0 radical (unpaired) electrons. The van der Waals surface area contributed by atoms with Crippen molar-refractivity contribution in [2.24, 2.45) is 23.7 Å². The van der Waals surface area contributed by atoms with Gasteiger partial charge in [-0.2, -0.15) is 0 Å². The Morgan fingerprint density at radius 3 is 2.45 bits per heavy atom. The zero-order valence-corrected chi connectivity index (χ0v) is 23.5. The molecule has 0 saturated heterocycles. The number of carbonyl (C=O) groups is 5. The van der Waals surface area contributed by atoms with Crippen molar-refractivity contribution in [3.8, 4) is 0 Å². The van der Waals surface area contributed by atoms with Gasteiger partial charge in [0.2, 0.25) is 23.5 Å². The van der Waals surface area contributed by atoms with Gasteiger partial charge in [0.25, 0.3) is 5.91 Å². The van der Waals surface area contributed by atoms with Crippen molar-refractivity contribution in [1.82, 2.24) is 20.8 Å².